The summed E-state index contributed by atoms with van der Waals surface area (Å²) in [5.41, 5.74) is 1.21. The van der Waals surface area contributed by atoms with Gasteiger partial charge in [0.25, 0.3) is 0 Å². The molecule has 0 amide bonds. The zero-order chi connectivity index (χ0) is 23.7. The first kappa shape index (κ1) is 22.8. The van der Waals surface area contributed by atoms with Crippen LogP contribution in [0.5, 0.6) is 5.75 Å². The lowest BCUT2D eigenvalue weighted by molar-refractivity contribution is -0.140. The third-order valence-corrected chi connectivity index (χ3v) is 6.10. The number of benzene rings is 1. The number of ether oxygens (including phenoxy) is 2. The first-order valence-electron chi connectivity index (χ1n) is 10.7. The fourth-order valence-corrected chi connectivity index (χ4v) is 4.20. The summed E-state index contributed by atoms with van der Waals surface area (Å²) in [6.45, 7) is 2.96. The minimum absolute atomic E-state index is 0.00330. The van der Waals surface area contributed by atoms with Crippen LogP contribution in [0, 0.1) is 0 Å². The Hall–Kier alpha value is -3.37. The van der Waals surface area contributed by atoms with Gasteiger partial charge in [-0.25, -0.2) is 4.79 Å². The average Bonchev–Trinajstić information content (AvgIpc) is 3.04. The van der Waals surface area contributed by atoms with Gasteiger partial charge < -0.3 is 19.0 Å². The molecule has 1 aliphatic heterocycles. The van der Waals surface area contributed by atoms with Gasteiger partial charge in [0.1, 0.15) is 5.76 Å². The minimum atomic E-state index is -0.783. The van der Waals surface area contributed by atoms with E-state index in [1.165, 1.54) is 22.3 Å². The Morgan fingerprint density at radius 2 is 1.82 bits per heavy atom. The number of carbonyl (C=O) groups excluding carboxylic acids is 1. The molecule has 0 bridgehead atoms. The number of hydrogen-bond acceptors (Lipinski definition) is 8. The van der Waals surface area contributed by atoms with Crippen LogP contribution in [0.2, 0.25) is 0 Å². The van der Waals surface area contributed by atoms with Gasteiger partial charge in [-0.15, -0.1) is 0 Å². The van der Waals surface area contributed by atoms with Crippen molar-refractivity contribution in [2.45, 2.75) is 18.9 Å². The van der Waals surface area contributed by atoms with Gasteiger partial charge in [0.2, 0.25) is 11.2 Å². The number of imidazole rings is 1. The van der Waals surface area contributed by atoms with E-state index in [2.05, 4.69) is 4.90 Å². The van der Waals surface area contributed by atoms with Crippen molar-refractivity contribution in [1.82, 2.24) is 14.0 Å². The van der Waals surface area contributed by atoms with Crippen LogP contribution in [0.1, 0.15) is 29.4 Å². The van der Waals surface area contributed by atoms with E-state index in [1.54, 1.807) is 32.3 Å². The quantitative estimate of drug-likeness (QED) is 0.547. The second-order valence-electron chi connectivity index (χ2n) is 8.16. The number of esters is 1. The number of methoxy groups -OCH3 is 1. The molecule has 1 N–H and O–H groups in total. The molecule has 0 saturated carbocycles. The molecule has 2 aromatic heterocycles. The molecule has 1 saturated heterocycles. The molecule has 0 unspecified atom stereocenters. The highest BCUT2D eigenvalue weighted by Gasteiger charge is 2.28. The maximum atomic E-state index is 12.6. The molecule has 0 spiro atoms. The van der Waals surface area contributed by atoms with Crippen molar-refractivity contribution in [3.05, 3.63) is 62.1 Å². The Morgan fingerprint density at radius 1 is 1.12 bits per heavy atom. The Morgan fingerprint density at radius 3 is 2.52 bits per heavy atom. The van der Waals surface area contributed by atoms with Crippen molar-refractivity contribution in [3.8, 4) is 5.75 Å². The number of hydrogen-bond donors (Lipinski definition) is 1. The summed E-state index contributed by atoms with van der Waals surface area (Å²) >= 11 is 0. The maximum absolute atomic E-state index is 12.6. The highest BCUT2D eigenvalue weighted by Crippen LogP contribution is 2.34. The van der Waals surface area contributed by atoms with Crippen LogP contribution < -0.4 is 11.1 Å². The van der Waals surface area contributed by atoms with E-state index in [4.69, 9.17) is 13.9 Å². The zero-order valence-electron chi connectivity index (χ0n) is 18.9. The SMILES string of the molecule is COC(=O)C[C@@H](c1ccc2c(c1)n(C)c(=O)n2C)c1oc(CN2CCOCC2)cc(=O)c1O. The number of rotatable bonds is 6. The Kier molecular flexibility index (Phi) is 6.39. The topological polar surface area (TPSA) is 116 Å². The Bertz CT molecular complexity index is 1300. The van der Waals surface area contributed by atoms with Gasteiger partial charge in [0.15, 0.2) is 5.76 Å². The molecule has 3 aromatic rings. The lowest BCUT2D eigenvalue weighted by Crippen LogP contribution is -2.35. The lowest BCUT2D eigenvalue weighted by atomic mass is 9.91. The van der Waals surface area contributed by atoms with Gasteiger partial charge in [-0.1, -0.05) is 6.07 Å². The second kappa shape index (κ2) is 9.24. The van der Waals surface area contributed by atoms with E-state index in [0.717, 1.165) is 5.52 Å². The fourth-order valence-electron chi connectivity index (χ4n) is 4.20. The van der Waals surface area contributed by atoms with Crippen molar-refractivity contribution in [1.29, 1.82) is 0 Å². The number of carbonyl (C=O) groups is 1. The van der Waals surface area contributed by atoms with Crippen molar-refractivity contribution in [2.75, 3.05) is 33.4 Å². The molecule has 1 aliphatic rings. The Labute approximate surface area is 189 Å². The molecule has 4 rings (SSSR count). The third-order valence-electron chi connectivity index (χ3n) is 6.10. The van der Waals surface area contributed by atoms with Crippen molar-refractivity contribution < 1.29 is 23.8 Å². The number of morpholine rings is 1. The molecule has 1 atom stereocenters. The summed E-state index contributed by atoms with van der Waals surface area (Å²) in [4.78, 5) is 39.3. The van der Waals surface area contributed by atoms with Gasteiger partial charge in [0.05, 0.1) is 50.2 Å². The molecule has 1 fully saturated rings. The van der Waals surface area contributed by atoms with Crippen molar-refractivity contribution in [3.63, 3.8) is 0 Å². The minimum Gasteiger partial charge on any atom is -0.502 e. The van der Waals surface area contributed by atoms with Crippen molar-refractivity contribution >= 4 is 17.0 Å². The maximum Gasteiger partial charge on any atom is 0.328 e. The largest absolute Gasteiger partial charge is 0.502 e. The fraction of sp³-hybridized carbons (Fsp3) is 0.435. The summed E-state index contributed by atoms with van der Waals surface area (Å²) < 4.78 is 19.3. The molecular formula is C23H27N3O7. The van der Waals surface area contributed by atoms with Crippen LogP contribution in [0.4, 0.5) is 0 Å². The molecule has 33 heavy (non-hydrogen) atoms. The van der Waals surface area contributed by atoms with Crippen LogP contribution >= 0.6 is 0 Å². The van der Waals surface area contributed by atoms with Gasteiger partial charge in [-0.05, 0) is 17.7 Å². The zero-order valence-corrected chi connectivity index (χ0v) is 18.9. The normalized spacial score (nSPS) is 15.6. The summed E-state index contributed by atoms with van der Waals surface area (Å²) in [5.74, 6) is -1.47. The lowest BCUT2D eigenvalue weighted by Gasteiger charge is -2.26. The first-order chi connectivity index (χ1) is 15.8. The molecule has 0 radical (unpaired) electrons. The van der Waals surface area contributed by atoms with Crippen LogP contribution in [0.15, 0.2) is 38.3 Å². The smallest absolute Gasteiger partial charge is 0.328 e. The van der Waals surface area contributed by atoms with Crippen LogP contribution in [0.25, 0.3) is 11.0 Å². The molecule has 10 nitrogen and oxygen atoms in total. The molecule has 3 heterocycles. The van der Waals surface area contributed by atoms with Crippen LogP contribution in [-0.4, -0.2) is 58.5 Å². The number of fused-ring (bicyclic) bond motifs is 1. The highest BCUT2D eigenvalue weighted by molar-refractivity contribution is 5.78. The van der Waals surface area contributed by atoms with Gasteiger partial charge in [-0.2, -0.15) is 0 Å². The molecule has 10 heteroatoms. The number of aromatic nitrogens is 2. The van der Waals surface area contributed by atoms with E-state index < -0.39 is 23.1 Å². The number of nitrogens with zero attached hydrogens (tertiary/aromatic N) is 3. The van der Waals surface area contributed by atoms with E-state index in [0.29, 0.717) is 49.7 Å². The summed E-state index contributed by atoms with van der Waals surface area (Å²) in [7, 11) is 4.61. The van der Waals surface area contributed by atoms with Gasteiger partial charge in [0, 0.05) is 33.3 Å². The third kappa shape index (κ3) is 4.44. The molecular weight excluding hydrogens is 430 g/mol. The predicted molar refractivity (Wildman–Crippen MR) is 119 cm³/mol. The molecule has 1 aromatic carbocycles. The second-order valence-corrected chi connectivity index (χ2v) is 8.16. The highest BCUT2D eigenvalue weighted by atomic mass is 16.5. The molecule has 0 aliphatic carbocycles. The average molecular weight is 457 g/mol. The summed E-state index contributed by atoms with van der Waals surface area (Å²) in [6.07, 6.45) is -0.152. The number of aryl methyl sites for hydroxylation is 2. The predicted octanol–water partition coefficient (Wildman–Crippen LogP) is 1.06. The molecule has 176 valence electrons. The Balaban J connectivity index is 1.81. The van der Waals surface area contributed by atoms with E-state index >= 15 is 0 Å². The van der Waals surface area contributed by atoms with E-state index in [1.807, 2.05) is 0 Å². The van der Waals surface area contributed by atoms with E-state index in [-0.39, 0.29) is 17.9 Å². The standard InChI is InChI=1S/C23H27N3O7/c1-24-17-5-4-14(10-18(17)25(2)23(24)30)16(12-20(28)31-3)22-21(29)19(27)11-15(33-22)13-26-6-8-32-9-7-26/h4-5,10-11,16,29H,6-9,12-13H2,1-3H3/t16-/m0/s1. The number of aromatic hydroxyl groups is 1. The van der Waals surface area contributed by atoms with Crippen LogP contribution in [0.3, 0.4) is 0 Å². The summed E-state index contributed by atoms with van der Waals surface area (Å²) in [6, 6.07) is 6.55. The van der Waals surface area contributed by atoms with Gasteiger partial charge >= 0.3 is 11.7 Å². The monoisotopic (exact) mass is 457 g/mol. The van der Waals surface area contributed by atoms with Crippen LogP contribution in [-0.2, 0) is 34.9 Å². The summed E-state index contributed by atoms with van der Waals surface area (Å²) in [5, 5.41) is 10.6. The van der Waals surface area contributed by atoms with Crippen molar-refractivity contribution in [2.24, 2.45) is 14.1 Å². The van der Waals surface area contributed by atoms with Gasteiger partial charge in [-0.3, -0.25) is 23.6 Å². The van der Waals surface area contributed by atoms with E-state index in [9.17, 15) is 19.5 Å². The first-order valence-corrected chi connectivity index (χ1v) is 10.7.